The molecule has 1 N–H and O–H groups in total. The molecular formula is C30H40N2. The molecule has 1 heterocycles. The predicted octanol–water partition coefficient (Wildman–Crippen LogP) is 5.87. The number of nitrogens with zero attached hydrogens (tertiary/aromatic N) is 1. The maximum absolute atomic E-state index is 3.46. The van der Waals surface area contributed by atoms with E-state index in [0.29, 0.717) is 11.3 Å². The number of hydrogen-bond acceptors (Lipinski definition) is 2. The van der Waals surface area contributed by atoms with Gasteiger partial charge in [-0.2, -0.15) is 0 Å². The average molecular weight is 429 g/mol. The Bertz CT molecular complexity index is 846. The zero-order chi connectivity index (χ0) is 21.4. The molecule has 2 aromatic rings. The molecule has 5 aliphatic rings. The molecule has 2 heteroatoms. The minimum absolute atomic E-state index is 0.500. The van der Waals surface area contributed by atoms with Gasteiger partial charge in [0.1, 0.15) is 0 Å². The van der Waals surface area contributed by atoms with Crippen molar-refractivity contribution in [1.82, 2.24) is 10.2 Å². The van der Waals surface area contributed by atoms with Crippen molar-refractivity contribution in [2.75, 3.05) is 32.7 Å². The van der Waals surface area contributed by atoms with Crippen molar-refractivity contribution >= 4 is 0 Å². The van der Waals surface area contributed by atoms with Gasteiger partial charge in [-0.3, -0.25) is 0 Å². The Labute approximate surface area is 194 Å². The Hall–Kier alpha value is -1.64. The fourth-order valence-electron chi connectivity index (χ4n) is 8.39. The van der Waals surface area contributed by atoms with E-state index in [2.05, 4.69) is 64.8 Å². The summed E-state index contributed by atoms with van der Waals surface area (Å²) < 4.78 is 0. The topological polar surface area (TPSA) is 15.3 Å². The van der Waals surface area contributed by atoms with Gasteiger partial charge in [0.05, 0.1) is 0 Å². The van der Waals surface area contributed by atoms with E-state index < -0.39 is 0 Å². The maximum Gasteiger partial charge on any atom is 0.0146 e. The molecule has 0 radical (unpaired) electrons. The third-order valence-electron chi connectivity index (χ3n) is 9.29. The third-order valence-corrected chi connectivity index (χ3v) is 9.29. The number of benzene rings is 2. The van der Waals surface area contributed by atoms with Crippen LogP contribution in [0.25, 0.3) is 0 Å². The Balaban J connectivity index is 1.21. The van der Waals surface area contributed by atoms with Crippen LogP contribution in [-0.2, 0) is 6.42 Å². The molecular weight excluding hydrogens is 388 g/mol. The van der Waals surface area contributed by atoms with E-state index in [-0.39, 0.29) is 0 Å². The Morgan fingerprint density at radius 1 is 0.781 bits per heavy atom. The highest BCUT2D eigenvalue weighted by atomic mass is 15.2. The van der Waals surface area contributed by atoms with Gasteiger partial charge in [-0.1, -0.05) is 54.6 Å². The van der Waals surface area contributed by atoms with Gasteiger partial charge in [-0.05, 0) is 97.8 Å². The van der Waals surface area contributed by atoms with E-state index in [1.807, 2.05) is 0 Å². The van der Waals surface area contributed by atoms with Crippen molar-refractivity contribution in [3.8, 4) is 0 Å². The van der Waals surface area contributed by atoms with E-state index in [1.54, 1.807) is 11.1 Å². The Kier molecular flexibility index (Phi) is 5.86. The van der Waals surface area contributed by atoms with Crippen LogP contribution >= 0.6 is 0 Å². The molecule has 4 aliphatic carbocycles. The molecule has 170 valence electrons. The molecule has 1 saturated heterocycles. The van der Waals surface area contributed by atoms with E-state index in [4.69, 9.17) is 0 Å². The second kappa shape index (κ2) is 8.95. The minimum Gasteiger partial charge on any atom is -0.314 e. The largest absolute Gasteiger partial charge is 0.314 e. The molecule has 4 saturated carbocycles. The summed E-state index contributed by atoms with van der Waals surface area (Å²) in [6.45, 7) is 5.97. The summed E-state index contributed by atoms with van der Waals surface area (Å²) >= 11 is 0. The van der Waals surface area contributed by atoms with Crippen molar-refractivity contribution < 1.29 is 0 Å². The first-order valence-electron chi connectivity index (χ1n) is 13.3. The third kappa shape index (κ3) is 4.17. The van der Waals surface area contributed by atoms with Crippen molar-refractivity contribution in [2.24, 2.45) is 23.2 Å². The standard InChI is InChI=1S/C30H40N2/c1-2-6-27(7-3-1)29(30-20-24-17-25(21-30)19-26(18-24)22-30)28-10-8-23(9-11-28)5-4-14-32-15-12-31-13-16-32/h1-3,6-11,24-26,29,31H,4-5,12-22H2. The zero-order valence-corrected chi connectivity index (χ0v) is 19.6. The molecule has 5 fully saturated rings. The Morgan fingerprint density at radius 3 is 2.00 bits per heavy atom. The van der Waals surface area contributed by atoms with Crippen molar-refractivity contribution in [3.05, 3.63) is 71.3 Å². The minimum atomic E-state index is 0.500. The second-order valence-electron chi connectivity index (χ2n) is 11.6. The highest BCUT2D eigenvalue weighted by Gasteiger charge is 2.54. The first-order valence-corrected chi connectivity index (χ1v) is 13.3. The quantitative estimate of drug-likeness (QED) is 0.593. The summed E-state index contributed by atoms with van der Waals surface area (Å²) in [5.74, 6) is 3.57. The fourth-order valence-corrected chi connectivity index (χ4v) is 8.39. The summed E-state index contributed by atoms with van der Waals surface area (Å²) in [5, 5.41) is 3.46. The lowest BCUT2D eigenvalue weighted by molar-refractivity contribution is -0.0618. The number of aryl methyl sites for hydroxylation is 1. The average Bonchev–Trinajstić information content (AvgIpc) is 2.81. The summed E-state index contributed by atoms with van der Waals surface area (Å²) in [5.41, 5.74) is 5.14. The van der Waals surface area contributed by atoms with Crippen LogP contribution in [0.2, 0.25) is 0 Å². The van der Waals surface area contributed by atoms with Crippen molar-refractivity contribution in [2.45, 2.75) is 57.3 Å². The SMILES string of the molecule is c1ccc(C(c2ccc(CCCN3CCNCC3)cc2)C23CC4CC(CC(C4)C2)C3)cc1. The van der Waals surface area contributed by atoms with Crippen molar-refractivity contribution in [3.63, 3.8) is 0 Å². The van der Waals surface area contributed by atoms with Crippen LogP contribution in [-0.4, -0.2) is 37.6 Å². The molecule has 0 amide bonds. The van der Waals surface area contributed by atoms with Gasteiger partial charge in [0.25, 0.3) is 0 Å². The molecule has 1 atom stereocenters. The van der Waals surface area contributed by atoms with Crippen LogP contribution in [0.4, 0.5) is 0 Å². The van der Waals surface area contributed by atoms with Crippen LogP contribution in [0.3, 0.4) is 0 Å². The first-order chi connectivity index (χ1) is 15.8. The van der Waals surface area contributed by atoms with E-state index in [1.165, 1.54) is 76.6 Å². The van der Waals surface area contributed by atoms with Crippen LogP contribution in [0, 0.1) is 23.2 Å². The van der Waals surface area contributed by atoms with Gasteiger partial charge in [-0.15, -0.1) is 0 Å². The molecule has 2 nitrogen and oxygen atoms in total. The second-order valence-corrected chi connectivity index (χ2v) is 11.6. The fraction of sp³-hybridized carbons (Fsp3) is 0.600. The van der Waals surface area contributed by atoms with E-state index in [9.17, 15) is 0 Å². The van der Waals surface area contributed by atoms with Crippen LogP contribution < -0.4 is 5.32 Å². The van der Waals surface area contributed by atoms with Crippen molar-refractivity contribution in [1.29, 1.82) is 0 Å². The predicted molar refractivity (Wildman–Crippen MR) is 133 cm³/mol. The smallest absolute Gasteiger partial charge is 0.0146 e. The molecule has 7 rings (SSSR count). The lowest BCUT2D eigenvalue weighted by atomic mass is 9.45. The van der Waals surface area contributed by atoms with E-state index >= 15 is 0 Å². The van der Waals surface area contributed by atoms with Crippen LogP contribution in [0.1, 0.15) is 67.6 Å². The van der Waals surface area contributed by atoms with Gasteiger partial charge in [0, 0.05) is 32.1 Å². The lowest BCUT2D eigenvalue weighted by Gasteiger charge is -2.60. The number of nitrogens with one attached hydrogen (secondary N) is 1. The number of rotatable bonds is 7. The molecule has 32 heavy (non-hydrogen) atoms. The summed E-state index contributed by atoms with van der Waals surface area (Å²) in [6.07, 6.45) is 11.4. The van der Waals surface area contributed by atoms with Gasteiger partial charge < -0.3 is 10.2 Å². The molecule has 0 aromatic heterocycles. The van der Waals surface area contributed by atoms with Crippen LogP contribution in [0.5, 0.6) is 0 Å². The highest BCUT2D eigenvalue weighted by molar-refractivity contribution is 5.38. The van der Waals surface area contributed by atoms with Gasteiger partial charge in [0.2, 0.25) is 0 Å². The van der Waals surface area contributed by atoms with E-state index in [0.717, 1.165) is 30.8 Å². The lowest BCUT2D eigenvalue weighted by Crippen LogP contribution is -2.49. The number of piperazine rings is 1. The normalized spacial score (nSPS) is 32.8. The molecule has 2 aromatic carbocycles. The number of hydrogen-bond donors (Lipinski definition) is 1. The first kappa shape index (κ1) is 20.9. The van der Waals surface area contributed by atoms with Gasteiger partial charge >= 0.3 is 0 Å². The maximum atomic E-state index is 3.46. The summed E-state index contributed by atoms with van der Waals surface area (Å²) in [7, 11) is 0. The summed E-state index contributed by atoms with van der Waals surface area (Å²) in [6, 6.07) is 21.4. The molecule has 0 spiro atoms. The summed E-state index contributed by atoms with van der Waals surface area (Å²) in [4.78, 5) is 2.61. The Morgan fingerprint density at radius 2 is 1.38 bits per heavy atom. The zero-order valence-electron chi connectivity index (χ0n) is 19.6. The monoisotopic (exact) mass is 428 g/mol. The van der Waals surface area contributed by atoms with Crippen LogP contribution in [0.15, 0.2) is 54.6 Å². The molecule has 4 bridgehead atoms. The molecule has 1 unspecified atom stereocenters. The molecule has 1 aliphatic heterocycles. The highest BCUT2D eigenvalue weighted by Crippen LogP contribution is 2.65. The van der Waals surface area contributed by atoms with Gasteiger partial charge in [0.15, 0.2) is 0 Å². The van der Waals surface area contributed by atoms with Gasteiger partial charge in [-0.25, -0.2) is 0 Å².